The van der Waals surface area contributed by atoms with Gasteiger partial charge in [-0.3, -0.25) is 15.1 Å². The Balaban J connectivity index is 0.00000588. The van der Waals surface area contributed by atoms with Crippen molar-refractivity contribution in [3.63, 3.8) is 0 Å². The predicted octanol–water partition coefficient (Wildman–Crippen LogP) is -1.14. The summed E-state index contributed by atoms with van der Waals surface area (Å²) in [4.78, 5) is 39.5. The smallest absolute Gasteiger partial charge is 0.317 e. The van der Waals surface area contributed by atoms with E-state index in [2.05, 4.69) is 58.9 Å². The van der Waals surface area contributed by atoms with Gasteiger partial charge in [0.2, 0.25) is 0 Å². The lowest BCUT2D eigenvalue weighted by Crippen LogP contribution is -3.00. The molecule has 0 spiro atoms. The summed E-state index contributed by atoms with van der Waals surface area (Å²) in [7, 11) is 6.41. The first-order chi connectivity index (χ1) is 18.9. The fraction of sp³-hybridized carbons (Fsp3) is 0.519. The number of amides is 3. The molecule has 1 aromatic heterocycles. The Morgan fingerprint density at radius 3 is 2.39 bits per heavy atom. The molecule has 14 heteroatoms. The number of piperidine rings is 1. The van der Waals surface area contributed by atoms with Crippen molar-refractivity contribution in [2.24, 2.45) is 16.1 Å². The summed E-state index contributed by atoms with van der Waals surface area (Å²) in [5, 5.41) is 5.44. The minimum atomic E-state index is -0.678. The summed E-state index contributed by atoms with van der Waals surface area (Å²) in [5.74, 6) is -0.963. The molecule has 0 atom stereocenters. The molecule has 41 heavy (non-hydrogen) atoms. The summed E-state index contributed by atoms with van der Waals surface area (Å²) in [6, 6.07) is 10.2. The SMILES string of the molecule is C[N+](C)(C)CCCNC(=O)N1CCC(CCc2ccccc2)(CN=C(N)NC(=O)c2nc(Cl)c(N)nc2N)CC1.[Cl-]. The number of aromatic nitrogens is 2. The number of likely N-dealkylation sites (tertiary alicyclic amines) is 1. The molecule has 2 heterocycles. The van der Waals surface area contributed by atoms with Crippen LogP contribution < -0.4 is 40.2 Å². The second-order valence-corrected chi connectivity index (χ2v) is 11.7. The highest BCUT2D eigenvalue weighted by Crippen LogP contribution is 2.37. The van der Waals surface area contributed by atoms with E-state index in [0.717, 1.165) is 43.1 Å². The number of aliphatic imine (C=N–C) groups is 1. The van der Waals surface area contributed by atoms with Crippen LogP contribution in [-0.4, -0.2) is 91.1 Å². The third kappa shape index (κ3) is 10.5. The molecule has 2 aromatic rings. The second kappa shape index (κ2) is 15.0. The van der Waals surface area contributed by atoms with E-state index in [1.165, 1.54) is 5.56 Å². The summed E-state index contributed by atoms with van der Waals surface area (Å²) < 4.78 is 0.863. The number of anilines is 2. The highest BCUT2D eigenvalue weighted by atomic mass is 35.5. The van der Waals surface area contributed by atoms with Gasteiger partial charge in [-0.2, -0.15) is 0 Å². The van der Waals surface area contributed by atoms with Crippen molar-refractivity contribution >= 4 is 41.1 Å². The number of nitrogens with two attached hydrogens (primary N) is 3. The summed E-state index contributed by atoms with van der Waals surface area (Å²) in [6.45, 7) is 3.28. The normalized spacial score (nSPS) is 15.1. The lowest BCUT2D eigenvalue weighted by molar-refractivity contribution is -0.870. The lowest BCUT2D eigenvalue weighted by Gasteiger charge is -2.41. The van der Waals surface area contributed by atoms with Gasteiger partial charge in [0.25, 0.3) is 5.91 Å². The zero-order valence-electron chi connectivity index (χ0n) is 24.0. The third-order valence-corrected chi connectivity index (χ3v) is 7.40. The molecule has 0 saturated carbocycles. The topological polar surface area (TPSA) is 178 Å². The van der Waals surface area contributed by atoms with Gasteiger partial charge >= 0.3 is 6.03 Å². The minimum Gasteiger partial charge on any atom is -1.00 e. The first-order valence-corrected chi connectivity index (χ1v) is 13.8. The Morgan fingerprint density at radius 1 is 1.10 bits per heavy atom. The van der Waals surface area contributed by atoms with Gasteiger partial charge in [-0.1, -0.05) is 41.9 Å². The van der Waals surface area contributed by atoms with Gasteiger partial charge in [-0.15, -0.1) is 0 Å². The maximum absolute atomic E-state index is 12.8. The highest BCUT2D eigenvalue weighted by Gasteiger charge is 2.36. The van der Waals surface area contributed by atoms with E-state index in [9.17, 15) is 9.59 Å². The standard InChI is InChI=1S/C27H41ClN10O2.ClH/c1-38(2,3)17-7-14-32-26(40)37-15-12-27(13-16-37,11-10-19-8-5-4-6-9-19)18-33-25(31)36-24(39)20-22(29)35-23(30)21(28)34-20;/h4-6,8-9H,7,10-18H2,1-3H3,(H7-,29,30,31,32,33,35,36,39,40);1H. The summed E-state index contributed by atoms with van der Waals surface area (Å²) >= 11 is 5.89. The number of quaternary nitrogens is 1. The molecule has 3 amide bonds. The largest absolute Gasteiger partial charge is 1.00 e. The molecule has 1 saturated heterocycles. The third-order valence-electron chi connectivity index (χ3n) is 7.13. The number of urea groups is 1. The molecule has 1 fully saturated rings. The molecule has 8 N–H and O–H groups in total. The van der Waals surface area contributed by atoms with E-state index in [1.54, 1.807) is 0 Å². The van der Waals surface area contributed by atoms with Crippen LogP contribution in [0.5, 0.6) is 0 Å². The van der Waals surface area contributed by atoms with Crippen molar-refractivity contribution in [1.82, 2.24) is 25.5 Å². The van der Waals surface area contributed by atoms with Crippen LogP contribution in [0.25, 0.3) is 0 Å². The van der Waals surface area contributed by atoms with Crippen LogP contribution >= 0.6 is 11.6 Å². The molecule has 226 valence electrons. The van der Waals surface area contributed by atoms with Crippen LogP contribution in [0, 0.1) is 5.41 Å². The lowest BCUT2D eigenvalue weighted by atomic mass is 9.74. The summed E-state index contributed by atoms with van der Waals surface area (Å²) in [5.41, 5.74) is 18.3. The van der Waals surface area contributed by atoms with Gasteiger partial charge in [-0.05, 0) is 36.7 Å². The van der Waals surface area contributed by atoms with Gasteiger partial charge in [0.15, 0.2) is 28.4 Å². The molecule has 0 radical (unpaired) electrons. The Kier molecular flexibility index (Phi) is 12.4. The summed E-state index contributed by atoms with van der Waals surface area (Å²) in [6.07, 6.45) is 4.19. The first-order valence-electron chi connectivity index (χ1n) is 13.4. The molecule has 0 aliphatic carbocycles. The number of nitrogen functional groups attached to an aromatic ring is 2. The number of benzene rings is 1. The number of nitrogens with zero attached hydrogens (tertiary/aromatic N) is 5. The van der Waals surface area contributed by atoms with E-state index >= 15 is 0 Å². The zero-order valence-corrected chi connectivity index (χ0v) is 25.5. The maximum atomic E-state index is 12.8. The van der Waals surface area contributed by atoms with E-state index in [4.69, 9.17) is 28.8 Å². The number of carbonyl (C=O) groups excluding carboxylic acids is 2. The van der Waals surface area contributed by atoms with Gasteiger partial charge in [0.05, 0.1) is 27.7 Å². The highest BCUT2D eigenvalue weighted by molar-refractivity contribution is 6.31. The van der Waals surface area contributed by atoms with Crippen LogP contribution in [0.1, 0.15) is 41.7 Å². The fourth-order valence-corrected chi connectivity index (χ4v) is 4.79. The van der Waals surface area contributed by atoms with Gasteiger partial charge in [-0.25, -0.2) is 14.8 Å². The van der Waals surface area contributed by atoms with Gasteiger partial charge in [0, 0.05) is 32.6 Å². The van der Waals surface area contributed by atoms with Crippen LogP contribution in [0.3, 0.4) is 0 Å². The number of guanidine groups is 1. The fourth-order valence-electron chi connectivity index (χ4n) is 4.66. The first kappa shape index (κ1) is 33.9. The Labute approximate surface area is 253 Å². The maximum Gasteiger partial charge on any atom is 0.317 e. The van der Waals surface area contributed by atoms with Gasteiger partial charge < -0.3 is 44.3 Å². The number of hydrogen-bond acceptors (Lipinski definition) is 7. The number of hydrogen-bond donors (Lipinski definition) is 5. The molecule has 1 aliphatic rings. The number of rotatable bonds is 10. The Hall–Kier alpha value is -3.35. The quantitative estimate of drug-likeness (QED) is 0.0979. The van der Waals surface area contributed by atoms with E-state index in [0.29, 0.717) is 26.2 Å². The zero-order chi connectivity index (χ0) is 29.3. The molecule has 12 nitrogen and oxygen atoms in total. The second-order valence-electron chi connectivity index (χ2n) is 11.4. The van der Waals surface area contributed by atoms with Crippen molar-refractivity contribution in [2.75, 3.05) is 65.3 Å². The molecule has 1 aromatic carbocycles. The molecular formula is C27H42Cl2N10O2. The molecule has 0 unspecified atom stereocenters. The Morgan fingerprint density at radius 2 is 1.76 bits per heavy atom. The Bertz CT molecular complexity index is 1200. The molecular weight excluding hydrogens is 567 g/mol. The van der Waals surface area contributed by atoms with Crippen molar-refractivity contribution in [2.45, 2.75) is 32.1 Å². The number of halogens is 2. The predicted molar refractivity (Wildman–Crippen MR) is 159 cm³/mol. The average Bonchev–Trinajstić information content (AvgIpc) is 2.91. The molecule has 1 aliphatic heterocycles. The van der Waals surface area contributed by atoms with E-state index < -0.39 is 5.91 Å². The average molecular weight is 610 g/mol. The molecule has 0 bridgehead atoms. The van der Waals surface area contributed by atoms with Gasteiger partial charge in [0.1, 0.15) is 0 Å². The molecule has 3 rings (SSSR count). The minimum absolute atomic E-state index is 0. The van der Waals surface area contributed by atoms with Crippen LogP contribution in [0.2, 0.25) is 5.15 Å². The van der Waals surface area contributed by atoms with Crippen molar-refractivity contribution in [3.05, 3.63) is 46.7 Å². The number of nitrogens with one attached hydrogen (secondary N) is 2. The number of aryl methyl sites for hydroxylation is 1. The van der Waals surface area contributed by atoms with Crippen molar-refractivity contribution in [3.8, 4) is 0 Å². The van der Waals surface area contributed by atoms with E-state index in [-0.39, 0.29) is 52.3 Å². The van der Waals surface area contributed by atoms with Crippen molar-refractivity contribution in [1.29, 1.82) is 0 Å². The van der Waals surface area contributed by atoms with Crippen LogP contribution in [-0.2, 0) is 6.42 Å². The van der Waals surface area contributed by atoms with Crippen LogP contribution in [0.15, 0.2) is 35.3 Å². The monoisotopic (exact) mass is 608 g/mol. The van der Waals surface area contributed by atoms with Crippen LogP contribution in [0.4, 0.5) is 16.4 Å². The number of carbonyl (C=O) groups is 2. The van der Waals surface area contributed by atoms with Crippen molar-refractivity contribution < 1.29 is 26.5 Å². The van der Waals surface area contributed by atoms with E-state index in [1.807, 2.05) is 23.1 Å².